The monoisotopic (exact) mass is 197 g/mol. The first-order chi connectivity index (χ1) is 6.65. The van der Waals surface area contributed by atoms with Crippen LogP contribution in [0.5, 0.6) is 0 Å². The van der Waals surface area contributed by atoms with Gasteiger partial charge in [0.05, 0.1) is 0 Å². The number of rotatable bonds is 4. The third kappa shape index (κ3) is 2.67. The Kier molecular flexibility index (Phi) is 3.83. The molecule has 3 nitrogen and oxygen atoms in total. The minimum absolute atomic E-state index is 0.350. The van der Waals surface area contributed by atoms with Crippen LogP contribution in [0.25, 0.3) is 0 Å². The van der Waals surface area contributed by atoms with E-state index in [1.165, 1.54) is 0 Å². The van der Waals surface area contributed by atoms with Gasteiger partial charge in [-0.25, -0.2) is 9.37 Å². The van der Waals surface area contributed by atoms with Crippen LogP contribution in [0.3, 0.4) is 0 Å². The Hall–Kier alpha value is -1.16. The Balaban J connectivity index is 2.72. The van der Waals surface area contributed by atoms with E-state index < -0.39 is 6.17 Å². The highest BCUT2D eigenvalue weighted by Crippen LogP contribution is 2.20. The second-order valence-electron chi connectivity index (χ2n) is 3.39. The Morgan fingerprint density at radius 1 is 1.50 bits per heavy atom. The first-order valence-electron chi connectivity index (χ1n) is 4.62. The summed E-state index contributed by atoms with van der Waals surface area (Å²) >= 11 is 0. The predicted molar refractivity (Wildman–Crippen MR) is 56.1 cm³/mol. The molecule has 0 saturated carbocycles. The molecule has 14 heavy (non-hydrogen) atoms. The van der Waals surface area contributed by atoms with E-state index in [9.17, 15) is 4.39 Å². The van der Waals surface area contributed by atoms with E-state index in [0.29, 0.717) is 18.5 Å². The van der Waals surface area contributed by atoms with Crippen molar-refractivity contribution in [3.05, 3.63) is 23.9 Å². The summed E-state index contributed by atoms with van der Waals surface area (Å²) in [5.74, 6) is 0.827. The SMILES string of the molecule is CN(C)c1ccc(C(F)CCN)cn1. The minimum Gasteiger partial charge on any atom is -0.363 e. The second kappa shape index (κ2) is 4.91. The molecule has 0 aliphatic rings. The molecule has 1 rings (SSSR count). The zero-order chi connectivity index (χ0) is 10.6. The van der Waals surface area contributed by atoms with Gasteiger partial charge in [0.25, 0.3) is 0 Å². The van der Waals surface area contributed by atoms with Crippen LogP contribution in [0, 0.1) is 0 Å². The van der Waals surface area contributed by atoms with Crippen LogP contribution >= 0.6 is 0 Å². The summed E-state index contributed by atoms with van der Waals surface area (Å²) in [5, 5.41) is 0. The highest BCUT2D eigenvalue weighted by molar-refractivity contribution is 5.37. The molecule has 1 aromatic rings. The van der Waals surface area contributed by atoms with E-state index in [1.807, 2.05) is 19.0 Å². The molecule has 0 saturated heterocycles. The number of alkyl halides is 1. The fourth-order valence-electron chi connectivity index (χ4n) is 1.16. The van der Waals surface area contributed by atoms with Gasteiger partial charge in [-0.2, -0.15) is 0 Å². The van der Waals surface area contributed by atoms with Crippen LogP contribution in [0.2, 0.25) is 0 Å². The normalized spacial score (nSPS) is 12.6. The lowest BCUT2D eigenvalue weighted by Gasteiger charge is -2.12. The quantitative estimate of drug-likeness (QED) is 0.795. The topological polar surface area (TPSA) is 42.1 Å². The van der Waals surface area contributed by atoms with Crippen molar-refractivity contribution in [3.63, 3.8) is 0 Å². The van der Waals surface area contributed by atoms with Gasteiger partial charge < -0.3 is 10.6 Å². The van der Waals surface area contributed by atoms with Gasteiger partial charge >= 0.3 is 0 Å². The van der Waals surface area contributed by atoms with Crippen LogP contribution in [0.15, 0.2) is 18.3 Å². The van der Waals surface area contributed by atoms with Crippen molar-refractivity contribution in [3.8, 4) is 0 Å². The number of halogens is 1. The molecule has 0 bridgehead atoms. The maximum atomic E-state index is 13.3. The van der Waals surface area contributed by atoms with Gasteiger partial charge in [0.1, 0.15) is 12.0 Å². The molecule has 1 unspecified atom stereocenters. The largest absolute Gasteiger partial charge is 0.363 e. The fraction of sp³-hybridized carbons (Fsp3) is 0.500. The molecular weight excluding hydrogens is 181 g/mol. The lowest BCUT2D eigenvalue weighted by molar-refractivity contribution is 0.327. The molecule has 0 spiro atoms. The Labute approximate surface area is 83.7 Å². The first kappa shape index (κ1) is 10.9. The van der Waals surface area contributed by atoms with Crippen molar-refractivity contribution in [1.82, 2.24) is 4.98 Å². The molecule has 0 fully saturated rings. The fourth-order valence-corrected chi connectivity index (χ4v) is 1.16. The van der Waals surface area contributed by atoms with Crippen molar-refractivity contribution >= 4 is 5.82 Å². The van der Waals surface area contributed by atoms with Gasteiger partial charge in [0, 0.05) is 25.9 Å². The Bertz CT molecular complexity index is 271. The van der Waals surface area contributed by atoms with E-state index in [1.54, 1.807) is 18.3 Å². The van der Waals surface area contributed by atoms with Crippen molar-refractivity contribution in [2.45, 2.75) is 12.6 Å². The number of hydrogen-bond donors (Lipinski definition) is 1. The average Bonchev–Trinajstić information content (AvgIpc) is 2.18. The summed E-state index contributed by atoms with van der Waals surface area (Å²) in [6.07, 6.45) is 0.919. The number of aromatic nitrogens is 1. The van der Waals surface area contributed by atoms with Crippen LogP contribution in [-0.2, 0) is 0 Å². The molecule has 0 radical (unpaired) electrons. The van der Waals surface area contributed by atoms with Gasteiger partial charge in [-0.15, -0.1) is 0 Å². The van der Waals surface area contributed by atoms with Crippen LogP contribution in [-0.4, -0.2) is 25.6 Å². The van der Waals surface area contributed by atoms with Crippen molar-refractivity contribution in [2.24, 2.45) is 5.73 Å². The van der Waals surface area contributed by atoms with Crippen LogP contribution < -0.4 is 10.6 Å². The van der Waals surface area contributed by atoms with Gasteiger partial charge in [0.2, 0.25) is 0 Å². The Morgan fingerprint density at radius 3 is 2.64 bits per heavy atom. The molecule has 4 heteroatoms. The lowest BCUT2D eigenvalue weighted by atomic mass is 10.1. The third-order valence-corrected chi connectivity index (χ3v) is 2.01. The summed E-state index contributed by atoms with van der Waals surface area (Å²) in [5.41, 5.74) is 5.87. The van der Waals surface area contributed by atoms with Crippen LogP contribution in [0.4, 0.5) is 10.2 Å². The number of pyridine rings is 1. The molecule has 1 heterocycles. The van der Waals surface area contributed by atoms with Gasteiger partial charge in [0.15, 0.2) is 0 Å². The van der Waals surface area contributed by atoms with Crippen molar-refractivity contribution in [2.75, 3.05) is 25.5 Å². The van der Waals surface area contributed by atoms with Crippen molar-refractivity contribution in [1.29, 1.82) is 0 Å². The summed E-state index contributed by atoms with van der Waals surface area (Å²) in [7, 11) is 3.80. The summed E-state index contributed by atoms with van der Waals surface area (Å²) < 4.78 is 13.3. The average molecular weight is 197 g/mol. The summed E-state index contributed by atoms with van der Waals surface area (Å²) in [6, 6.07) is 3.56. The van der Waals surface area contributed by atoms with Gasteiger partial charge in [-0.3, -0.25) is 0 Å². The smallest absolute Gasteiger partial charge is 0.128 e. The van der Waals surface area contributed by atoms with Gasteiger partial charge in [-0.05, 0) is 19.0 Å². The zero-order valence-corrected chi connectivity index (χ0v) is 8.57. The van der Waals surface area contributed by atoms with Crippen LogP contribution in [0.1, 0.15) is 18.2 Å². The molecular formula is C10H16FN3. The number of nitrogens with two attached hydrogens (primary N) is 1. The molecule has 0 aliphatic carbocycles. The highest BCUT2D eigenvalue weighted by Gasteiger charge is 2.08. The molecule has 2 N–H and O–H groups in total. The van der Waals surface area contributed by atoms with E-state index in [4.69, 9.17) is 5.73 Å². The van der Waals surface area contributed by atoms with E-state index >= 15 is 0 Å². The predicted octanol–water partition coefficient (Wildman–Crippen LogP) is 1.51. The molecule has 1 aromatic heterocycles. The first-order valence-corrected chi connectivity index (χ1v) is 4.62. The number of nitrogens with zero attached hydrogens (tertiary/aromatic N) is 2. The number of hydrogen-bond acceptors (Lipinski definition) is 3. The van der Waals surface area contributed by atoms with Crippen molar-refractivity contribution < 1.29 is 4.39 Å². The maximum absolute atomic E-state index is 13.3. The molecule has 0 aromatic carbocycles. The van der Waals surface area contributed by atoms with E-state index in [-0.39, 0.29) is 0 Å². The second-order valence-corrected chi connectivity index (χ2v) is 3.39. The Morgan fingerprint density at radius 2 is 2.21 bits per heavy atom. The molecule has 1 atom stereocenters. The highest BCUT2D eigenvalue weighted by atomic mass is 19.1. The lowest BCUT2D eigenvalue weighted by Crippen LogP contribution is -2.11. The van der Waals surface area contributed by atoms with E-state index in [2.05, 4.69) is 4.98 Å². The zero-order valence-electron chi connectivity index (χ0n) is 8.57. The number of anilines is 1. The summed E-state index contributed by atoms with van der Waals surface area (Å²) in [6.45, 7) is 0.358. The molecule has 78 valence electrons. The molecule has 0 amide bonds. The summed E-state index contributed by atoms with van der Waals surface area (Å²) in [4.78, 5) is 6.00. The maximum Gasteiger partial charge on any atom is 0.128 e. The van der Waals surface area contributed by atoms with E-state index in [0.717, 1.165) is 5.82 Å². The van der Waals surface area contributed by atoms with Gasteiger partial charge in [-0.1, -0.05) is 6.07 Å². The third-order valence-electron chi connectivity index (χ3n) is 2.01. The standard InChI is InChI=1S/C10H16FN3/c1-14(2)10-4-3-8(7-13-10)9(11)5-6-12/h3-4,7,9H,5-6,12H2,1-2H3. The molecule has 0 aliphatic heterocycles. The minimum atomic E-state index is -0.997.